The number of carbonyl (C=O) groups is 3. The number of unbranched alkanes of at least 4 members (excludes halogenated alkanes) is 1. The van der Waals surface area contributed by atoms with Crippen LogP contribution in [-0.4, -0.2) is 180 Å². The number of carbonyl (C=O) groups excluding carboxylic acids is 2. The lowest BCUT2D eigenvalue weighted by Crippen LogP contribution is -2.75. The fourth-order valence-corrected chi connectivity index (χ4v) is 5.78. The van der Waals surface area contributed by atoms with Gasteiger partial charge in [-0.15, -0.1) is 0 Å². The summed E-state index contributed by atoms with van der Waals surface area (Å²) < 4.78 is 269. The molecule has 0 bridgehead atoms. The van der Waals surface area contributed by atoms with E-state index in [9.17, 15) is 97.4 Å². The quantitative estimate of drug-likeness (QED) is 0.0770. The van der Waals surface area contributed by atoms with Gasteiger partial charge in [-0.2, -0.15) is 78.9 Å². The first-order valence-corrected chi connectivity index (χ1v) is 18.2. The van der Waals surface area contributed by atoms with Gasteiger partial charge >= 0.3 is 59.0 Å². The summed E-state index contributed by atoms with van der Waals surface area (Å²) in [5.74, 6) is -53.4. The second-order valence-electron chi connectivity index (χ2n) is 12.2. The van der Waals surface area contributed by atoms with Gasteiger partial charge in [0.1, 0.15) is 12.6 Å². The van der Waals surface area contributed by atoms with Gasteiger partial charge in [0.15, 0.2) is 0 Å². The lowest BCUT2D eigenvalue weighted by Gasteiger charge is -2.43. The number of halogens is 17. The summed E-state index contributed by atoms with van der Waals surface area (Å²) in [6, 6.07) is -2.26. The number of nitrogens with two attached hydrogens (primary N) is 2. The third kappa shape index (κ3) is 13.1. The van der Waals surface area contributed by atoms with Crippen molar-refractivity contribution in [2.24, 2.45) is 11.5 Å². The predicted molar refractivity (Wildman–Crippen MR) is 169 cm³/mol. The Kier molecular flexibility index (Phi) is 21.2. The van der Waals surface area contributed by atoms with Crippen LogP contribution < -0.4 is 16.8 Å². The molecule has 0 radical (unpaired) electrons. The number of carboxylic acids is 1. The average Bonchev–Trinajstić information content (AvgIpc) is 3.14. The highest BCUT2D eigenvalue weighted by atomic mass is 32.2. The number of alkyl halides is 17. The van der Waals surface area contributed by atoms with Crippen LogP contribution in [0, 0.1) is 0 Å². The Bertz CT molecular complexity index is 1520. The molecule has 0 saturated carbocycles. The molecule has 1 atom stereocenters. The van der Waals surface area contributed by atoms with Crippen LogP contribution in [0.4, 0.5) is 79.4 Å². The van der Waals surface area contributed by atoms with Crippen LogP contribution in [-0.2, 0) is 38.6 Å². The van der Waals surface area contributed by atoms with E-state index >= 15 is 0 Å². The molecule has 1 heterocycles. The molecule has 0 aromatic rings. The number of methoxy groups -OCH3 is 1. The molecule has 0 aromatic carbocycles. The van der Waals surface area contributed by atoms with Crippen LogP contribution in [0.5, 0.6) is 0 Å². The number of rotatable bonds is 25. The van der Waals surface area contributed by atoms with E-state index in [2.05, 4.69) is 5.32 Å². The summed E-state index contributed by atoms with van der Waals surface area (Å²) in [5.41, 5.74) is 10.1. The zero-order valence-corrected chi connectivity index (χ0v) is 32.0. The Morgan fingerprint density at radius 2 is 1.07 bits per heavy atom. The first kappa shape index (κ1) is 57.7. The number of urea groups is 1. The molecule has 33 heteroatoms. The number of ether oxygens (including phenoxy) is 4. The third-order valence-corrected chi connectivity index (χ3v) is 9.85. The van der Waals surface area contributed by atoms with E-state index in [-0.39, 0.29) is 13.2 Å². The second-order valence-corrected chi connectivity index (χ2v) is 14.2. The molecule has 61 heavy (non-hydrogen) atoms. The van der Waals surface area contributed by atoms with E-state index in [0.29, 0.717) is 57.3 Å². The first-order valence-electron chi connectivity index (χ1n) is 16.7. The molecule has 1 rings (SSSR count). The van der Waals surface area contributed by atoms with Crippen LogP contribution >= 0.6 is 0 Å². The minimum Gasteiger partial charge on any atom is -0.480 e. The number of piperazine rings is 1. The zero-order chi connectivity index (χ0) is 48.1. The van der Waals surface area contributed by atoms with Crippen molar-refractivity contribution in [2.75, 3.05) is 86.1 Å². The molecule has 15 nitrogen and oxygen atoms in total. The SMILES string of the molecule is COCCOCCOCCOCC(=O)N[C@@H](CCCCN)C(=O)O.NC(=O)N1CCN(S(=O)(=O)C(F)(F)C(F)(F)C(F)(F)C(F)(F)C(F)(F)C(F)(F)C(F)(F)C(F)(F)F)CC1. The van der Waals surface area contributed by atoms with Gasteiger partial charge in [-0.3, -0.25) is 4.79 Å². The standard InChI is InChI=1S/C15H30N2O7.C13H10F17N3O3S/c1-21-6-7-22-8-9-23-10-11-24-12-14(18)17-13(15(19)20)4-2-3-5-16;14-6(15,8(18,19)10(22,23)12(26,27)28)7(16,17)9(20,21)11(24,25)13(29,30)37(35,36)33-3-1-32(2-4-33)5(31)34/h13H,2-12,16H2,1H3,(H,17,18)(H,19,20);1-4H2,(H2,31,34)/t13-;/m0./s1. The molecular formula is C28H40F17N5O10S. The van der Waals surface area contributed by atoms with Crippen molar-refractivity contribution in [3.05, 3.63) is 0 Å². The largest absolute Gasteiger partial charge is 0.480 e. The fourth-order valence-electron chi connectivity index (χ4n) is 4.36. The number of amides is 3. The number of nitrogens with one attached hydrogen (secondary N) is 1. The maximum absolute atomic E-state index is 14.1. The van der Waals surface area contributed by atoms with Gasteiger partial charge < -0.3 is 45.7 Å². The summed E-state index contributed by atoms with van der Waals surface area (Å²) in [6.07, 6.45) is -6.17. The molecule has 1 saturated heterocycles. The minimum atomic E-state index is -8.88. The number of aliphatic carboxylic acids is 1. The van der Waals surface area contributed by atoms with Crippen LogP contribution in [0.25, 0.3) is 0 Å². The Labute approximate surface area is 334 Å². The fraction of sp³-hybridized carbons (Fsp3) is 0.893. The smallest absolute Gasteiger partial charge is 0.460 e. The van der Waals surface area contributed by atoms with Gasteiger partial charge in [-0.05, 0) is 25.8 Å². The van der Waals surface area contributed by atoms with E-state index < -0.39 is 111 Å². The molecule has 0 aromatic heterocycles. The highest BCUT2D eigenvalue weighted by Crippen LogP contribution is 2.64. The maximum atomic E-state index is 14.1. The molecule has 3 amide bonds. The van der Waals surface area contributed by atoms with Crippen molar-refractivity contribution in [3.8, 4) is 0 Å². The molecule has 0 spiro atoms. The van der Waals surface area contributed by atoms with Crippen molar-refractivity contribution >= 4 is 27.9 Å². The Morgan fingerprint density at radius 3 is 1.46 bits per heavy atom. The van der Waals surface area contributed by atoms with Crippen LogP contribution in [0.15, 0.2) is 0 Å². The number of nitrogens with zero attached hydrogens (tertiary/aromatic N) is 2. The lowest BCUT2D eigenvalue weighted by atomic mass is 9.91. The first-order chi connectivity index (χ1) is 27.5. The monoisotopic (exact) mass is 961 g/mol. The van der Waals surface area contributed by atoms with E-state index in [1.165, 1.54) is 0 Å². The van der Waals surface area contributed by atoms with Crippen molar-refractivity contribution in [1.29, 1.82) is 0 Å². The summed E-state index contributed by atoms with van der Waals surface area (Å²) >= 11 is 0. The summed E-state index contributed by atoms with van der Waals surface area (Å²) in [4.78, 5) is 34.0. The molecule has 0 aliphatic carbocycles. The Morgan fingerprint density at radius 1 is 0.656 bits per heavy atom. The van der Waals surface area contributed by atoms with Crippen molar-refractivity contribution in [3.63, 3.8) is 0 Å². The second kappa shape index (κ2) is 22.4. The molecule has 6 N–H and O–H groups in total. The topological polar surface area (TPSA) is 213 Å². The van der Waals surface area contributed by atoms with Gasteiger partial charge in [-0.25, -0.2) is 18.0 Å². The van der Waals surface area contributed by atoms with E-state index in [4.69, 9.17) is 35.5 Å². The highest BCUT2D eigenvalue weighted by Gasteiger charge is 2.96. The number of carboxylic acid groups (broad SMARTS) is 1. The zero-order valence-electron chi connectivity index (χ0n) is 31.2. The summed E-state index contributed by atoms with van der Waals surface area (Å²) in [6.45, 7) is -2.09. The number of primary amides is 1. The van der Waals surface area contributed by atoms with Gasteiger partial charge in [0.05, 0.1) is 39.6 Å². The molecule has 1 fully saturated rings. The van der Waals surface area contributed by atoms with E-state index in [0.717, 1.165) is 6.42 Å². The van der Waals surface area contributed by atoms with E-state index in [1.54, 1.807) is 7.11 Å². The van der Waals surface area contributed by atoms with Gasteiger partial charge in [-0.1, -0.05) is 0 Å². The molecular weight excluding hydrogens is 921 g/mol. The predicted octanol–water partition coefficient (Wildman–Crippen LogP) is 3.36. The normalized spacial score (nSPS) is 16.1. The summed E-state index contributed by atoms with van der Waals surface area (Å²) in [7, 11) is -5.74. The van der Waals surface area contributed by atoms with Crippen molar-refractivity contribution in [1.82, 2.24) is 14.5 Å². The maximum Gasteiger partial charge on any atom is 0.460 e. The lowest BCUT2D eigenvalue weighted by molar-refractivity contribution is -0.458. The molecule has 1 aliphatic rings. The Hall–Kier alpha value is -3.27. The van der Waals surface area contributed by atoms with Gasteiger partial charge in [0, 0.05) is 33.3 Å². The van der Waals surface area contributed by atoms with Gasteiger partial charge in [0.2, 0.25) is 5.91 Å². The van der Waals surface area contributed by atoms with Crippen LogP contribution in [0.1, 0.15) is 19.3 Å². The minimum absolute atomic E-state index is 0.200. The third-order valence-electron chi connectivity index (χ3n) is 7.90. The van der Waals surface area contributed by atoms with Crippen LogP contribution in [0.2, 0.25) is 0 Å². The number of hydrogen-bond donors (Lipinski definition) is 4. The molecule has 362 valence electrons. The number of sulfonamides is 1. The number of hydrogen-bond acceptors (Lipinski definition) is 10. The molecule has 1 aliphatic heterocycles. The van der Waals surface area contributed by atoms with E-state index in [1.807, 2.05) is 0 Å². The molecule has 0 unspecified atom stereocenters. The van der Waals surface area contributed by atoms with Crippen LogP contribution in [0.3, 0.4) is 0 Å². The average molecular weight is 962 g/mol. The summed E-state index contributed by atoms with van der Waals surface area (Å²) in [5, 5.41) is 3.86. The van der Waals surface area contributed by atoms with Crippen molar-refractivity contribution in [2.45, 2.75) is 72.3 Å². The Balaban J connectivity index is 0.00000130. The van der Waals surface area contributed by atoms with Gasteiger partial charge in [0.25, 0.3) is 10.0 Å². The van der Waals surface area contributed by atoms with Crippen molar-refractivity contribution < 1.29 is 121 Å². The highest BCUT2D eigenvalue weighted by molar-refractivity contribution is 7.90.